The van der Waals surface area contributed by atoms with Crippen molar-refractivity contribution in [3.05, 3.63) is 41.1 Å². The zero-order valence-electron chi connectivity index (χ0n) is 14.5. The predicted octanol–water partition coefficient (Wildman–Crippen LogP) is 4.94. The van der Waals surface area contributed by atoms with Gasteiger partial charge in [-0.15, -0.1) is 0 Å². The van der Waals surface area contributed by atoms with Crippen molar-refractivity contribution < 1.29 is 69.8 Å². The number of rotatable bonds is 9. The summed E-state index contributed by atoms with van der Waals surface area (Å²) in [5.41, 5.74) is -0.241. The van der Waals surface area contributed by atoms with E-state index in [0.717, 1.165) is 12.1 Å². The summed E-state index contributed by atoms with van der Waals surface area (Å²) in [5, 5.41) is 2.26. The molecule has 0 heterocycles. The highest BCUT2D eigenvalue weighted by Gasteiger charge is 2.92. The fraction of sp³-hybridized carbons (Fsp3) is 0.538. The second-order valence-electron chi connectivity index (χ2n) is 5.82. The molecule has 0 aliphatic rings. The molecule has 32 heavy (non-hydrogen) atoms. The summed E-state index contributed by atoms with van der Waals surface area (Å²) in [6.45, 7) is -1.35. The van der Waals surface area contributed by atoms with E-state index in [9.17, 15) is 70.7 Å². The molecule has 0 aromatic heterocycles. The molecule has 5 nitrogen and oxygen atoms in total. The molecular weight excluding hydrogens is 513 g/mol. The van der Waals surface area contributed by atoms with Crippen LogP contribution < -0.4 is 0 Å². The Morgan fingerprint density at radius 1 is 0.719 bits per heavy atom. The van der Waals surface area contributed by atoms with Crippen molar-refractivity contribution in [1.82, 2.24) is 5.23 Å². The molecule has 0 spiro atoms. The van der Waals surface area contributed by atoms with E-state index in [-0.39, 0.29) is 5.56 Å². The van der Waals surface area contributed by atoms with Crippen molar-refractivity contribution in [2.45, 2.75) is 41.7 Å². The number of hydrogen-bond donors (Lipinski definition) is 0. The largest absolute Gasteiger partial charge is 0.761 e. The molecule has 0 N–H and O–H groups in total. The number of nitrogens with zero attached hydrogens (tertiary/aromatic N) is 1. The van der Waals surface area contributed by atoms with Crippen LogP contribution in [0, 0.1) is 5.21 Å². The second kappa shape index (κ2) is 8.17. The standard InChI is InChI=1S/C13H7F13NO4S/c14-8(15,10(18,19)12(22,23)24)9(16,17)11(20,21)13(25,26)32(29,30)31-27(28)6-7-4-2-1-3-5-7/h1-5H,6H2/q-1. The molecule has 1 rings (SSSR count). The monoisotopic (exact) mass is 520 g/mol. The zero-order valence-corrected chi connectivity index (χ0v) is 15.3. The Morgan fingerprint density at radius 3 is 1.53 bits per heavy atom. The molecule has 0 atom stereocenters. The Bertz CT molecular complexity index is 902. The lowest BCUT2D eigenvalue weighted by Crippen LogP contribution is -2.71. The van der Waals surface area contributed by atoms with Gasteiger partial charge in [0, 0.05) is 6.54 Å². The first-order valence-electron chi connectivity index (χ1n) is 7.36. The summed E-state index contributed by atoms with van der Waals surface area (Å²) in [5.74, 6) is -32.8. The highest BCUT2D eigenvalue weighted by atomic mass is 32.2. The van der Waals surface area contributed by atoms with Crippen molar-refractivity contribution in [2.24, 2.45) is 0 Å². The minimum absolute atomic E-state index is 0.241. The number of alkyl halides is 13. The highest BCUT2D eigenvalue weighted by Crippen LogP contribution is 2.61. The first-order chi connectivity index (χ1) is 14.0. The normalized spacial score (nSPS) is 15.3. The third-order valence-corrected chi connectivity index (χ3v) is 4.80. The van der Waals surface area contributed by atoms with Gasteiger partial charge in [-0.1, -0.05) is 30.3 Å². The zero-order chi connectivity index (χ0) is 25.6. The fourth-order valence-corrected chi connectivity index (χ4v) is 2.63. The van der Waals surface area contributed by atoms with E-state index in [2.05, 4.69) is 4.28 Å². The predicted molar refractivity (Wildman–Crippen MR) is 76.1 cm³/mol. The first kappa shape index (κ1) is 28.2. The number of hydroxylamine groups is 2. The highest BCUT2D eigenvalue weighted by molar-refractivity contribution is 7.87. The summed E-state index contributed by atoms with van der Waals surface area (Å²) in [6, 6.07) is 5.72. The fourth-order valence-electron chi connectivity index (χ4n) is 1.83. The molecule has 0 amide bonds. The molecule has 0 aliphatic heterocycles. The molecule has 186 valence electrons. The van der Waals surface area contributed by atoms with E-state index in [1.165, 1.54) is 18.2 Å². The molecular formula is C13H7F13NO4S-. The SMILES string of the molecule is O=S(=O)(ON([O-])Cc1ccccc1)C(F)(F)C(F)(F)C(F)(F)C(F)(F)C(F)(F)C(F)(F)F. The van der Waals surface area contributed by atoms with Crippen molar-refractivity contribution in [3.63, 3.8) is 0 Å². The summed E-state index contributed by atoms with van der Waals surface area (Å²) >= 11 is 0. The van der Waals surface area contributed by atoms with Crippen LogP contribution in [0.3, 0.4) is 0 Å². The quantitative estimate of drug-likeness (QED) is 0.341. The van der Waals surface area contributed by atoms with E-state index >= 15 is 0 Å². The van der Waals surface area contributed by atoms with Gasteiger partial charge in [0.1, 0.15) is 0 Å². The minimum Gasteiger partial charge on any atom is -0.761 e. The van der Waals surface area contributed by atoms with Crippen LogP contribution >= 0.6 is 0 Å². The lowest BCUT2D eigenvalue weighted by Gasteiger charge is -2.39. The van der Waals surface area contributed by atoms with Gasteiger partial charge < -0.3 is 5.21 Å². The topological polar surface area (TPSA) is 69.7 Å². The molecule has 0 fully saturated rings. The lowest BCUT2D eigenvalue weighted by atomic mass is 9.98. The molecule has 0 saturated heterocycles. The summed E-state index contributed by atoms with van der Waals surface area (Å²) in [4.78, 5) is 0. The summed E-state index contributed by atoms with van der Waals surface area (Å²) in [6.07, 6.45) is -7.65. The van der Waals surface area contributed by atoms with Crippen LogP contribution in [-0.4, -0.2) is 48.8 Å². The van der Waals surface area contributed by atoms with Crippen molar-refractivity contribution in [3.8, 4) is 0 Å². The van der Waals surface area contributed by atoms with E-state index in [1.54, 1.807) is 0 Å². The lowest BCUT2D eigenvalue weighted by molar-refractivity contribution is -0.433. The average molecular weight is 520 g/mol. The second-order valence-corrected chi connectivity index (χ2v) is 7.39. The molecule has 19 heteroatoms. The smallest absolute Gasteiger partial charge is 0.460 e. The maximum Gasteiger partial charge on any atom is 0.460 e. The molecule has 0 saturated carbocycles. The van der Waals surface area contributed by atoms with Crippen LogP contribution in [0.25, 0.3) is 0 Å². The van der Waals surface area contributed by atoms with Gasteiger partial charge in [-0.05, 0) is 5.56 Å². The maximum absolute atomic E-state index is 13.6. The third-order valence-electron chi connectivity index (χ3n) is 3.55. The minimum atomic E-state index is -8.34. The van der Waals surface area contributed by atoms with Crippen LogP contribution in [0.4, 0.5) is 57.1 Å². The summed E-state index contributed by atoms with van der Waals surface area (Å²) in [7, 11) is -7.67. The van der Waals surface area contributed by atoms with E-state index in [0.29, 0.717) is 0 Å². The molecule has 1 aromatic rings. The first-order valence-corrected chi connectivity index (χ1v) is 8.76. The third kappa shape index (κ3) is 4.34. The molecule has 1 aromatic carbocycles. The van der Waals surface area contributed by atoms with Gasteiger partial charge in [0.25, 0.3) is 0 Å². The average Bonchev–Trinajstić information content (AvgIpc) is 2.60. The summed E-state index contributed by atoms with van der Waals surface area (Å²) < 4.78 is 194. The Balaban J connectivity index is 3.36. The van der Waals surface area contributed by atoms with E-state index in [4.69, 9.17) is 0 Å². The van der Waals surface area contributed by atoms with Gasteiger partial charge in [-0.2, -0.15) is 69.8 Å². The van der Waals surface area contributed by atoms with Gasteiger partial charge in [-0.25, -0.2) is 5.23 Å². The van der Waals surface area contributed by atoms with Gasteiger partial charge in [-0.3, -0.25) is 0 Å². The van der Waals surface area contributed by atoms with Crippen molar-refractivity contribution in [1.29, 1.82) is 0 Å². The Kier molecular flexibility index (Phi) is 7.19. The van der Waals surface area contributed by atoms with Crippen LogP contribution in [0.2, 0.25) is 0 Å². The Labute approximate surface area is 169 Å². The van der Waals surface area contributed by atoms with Crippen LogP contribution in [-0.2, 0) is 20.9 Å². The van der Waals surface area contributed by atoms with Gasteiger partial charge in [0.15, 0.2) is 0 Å². The maximum atomic E-state index is 13.6. The molecule has 0 unspecified atom stereocenters. The van der Waals surface area contributed by atoms with E-state index in [1.807, 2.05) is 0 Å². The van der Waals surface area contributed by atoms with Crippen LogP contribution in [0.1, 0.15) is 5.56 Å². The number of hydrogen-bond acceptors (Lipinski definition) is 5. The van der Waals surface area contributed by atoms with Crippen LogP contribution in [0.5, 0.6) is 0 Å². The van der Waals surface area contributed by atoms with Gasteiger partial charge >= 0.3 is 45.2 Å². The van der Waals surface area contributed by atoms with Crippen molar-refractivity contribution >= 4 is 10.1 Å². The van der Waals surface area contributed by atoms with Gasteiger partial charge in [0.05, 0.1) is 0 Å². The van der Waals surface area contributed by atoms with E-state index < -0.39 is 57.0 Å². The molecule has 0 radical (unpaired) electrons. The molecule has 0 bridgehead atoms. The molecule has 0 aliphatic carbocycles. The number of benzene rings is 1. The Hall–Kier alpha value is -1.86. The van der Waals surface area contributed by atoms with Crippen LogP contribution in [0.15, 0.2) is 30.3 Å². The number of halogens is 13. The Morgan fingerprint density at radius 2 is 1.12 bits per heavy atom. The van der Waals surface area contributed by atoms with Crippen molar-refractivity contribution in [2.75, 3.05) is 0 Å². The van der Waals surface area contributed by atoms with Gasteiger partial charge in [0.2, 0.25) is 0 Å².